The van der Waals surface area contributed by atoms with Crippen molar-refractivity contribution in [3.8, 4) is 11.5 Å². The van der Waals surface area contributed by atoms with Crippen molar-refractivity contribution in [2.24, 2.45) is 5.73 Å². The predicted octanol–water partition coefficient (Wildman–Crippen LogP) is 3.77. The number of nitrogens with two attached hydrogens (primary N) is 1. The number of aromatic nitrogens is 2. The molecule has 36 heavy (non-hydrogen) atoms. The molecule has 14 heteroatoms. The molecular weight excluding hydrogens is 528 g/mol. The van der Waals surface area contributed by atoms with Crippen molar-refractivity contribution in [1.29, 1.82) is 0 Å². The van der Waals surface area contributed by atoms with Crippen LogP contribution in [-0.2, 0) is 26.6 Å². The van der Waals surface area contributed by atoms with Crippen LogP contribution in [0.1, 0.15) is 24.3 Å². The average molecular weight is 545 g/mol. The minimum atomic E-state index is -4.63. The molecule has 0 spiro atoms. The number of amides is 1. The number of hydrogen-bond acceptors (Lipinski definition) is 7. The van der Waals surface area contributed by atoms with E-state index in [-0.39, 0.29) is 25.1 Å². The minimum Gasteiger partial charge on any atom is -0.420 e. The van der Waals surface area contributed by atoms with E-state index in [4.69, 9.17) is 21.8 Å². The molecule has 5 rings (SSSR count). The normalized spacial score (nSPS) is 20.7. The Morgan fingerprint density at radius 3 is 2.44 bits per heavy atom. The number of sulfone groups is 1. The molecule has 0 saturated heterocycles. The Balaban J connectivity index is 1.63. The van der Waals surface area contributed by atoms with Gasteiger partial charge in [0, 0.05) is 5.02 Å². The highest BCUT2D eigenvalue weighted by molar-refractivity contribution is 7.91. The highest BCUT2D eigenvalue weighted by atomic mass is 35.5. The van der Waals surface area contributed by atoms with Crippen molar-refractivity contribution in [3.63, 3.8) is 0 Å². The molecule has 1 aliphatic carbocycles. The first-order valence-corrected chi connectivity index (χ1v) is 12.6. The molecule has 1 fully saturated rings. The number of nitrogens with zero attached hydrogens (tertiary/aromatic N) is 3. The van der Waals surface area contributed by atoms with E-state index in [1.54, 1.807) is 24.3 Å². The summed E-state index contributed by atoms with van der Waals surface area (Å²) in [4.78, 5) is 13.7. The van der Waals surface area contributed by atoms with Crippen LogP contribution < -0.4 is 10.6 Å². The number of carbonyl (C=O) groups is 1. The Morgan fingerprint density at radius 2 is 1.83 bits per heavy atom. The highest BCUT2D eigenvalue weighted by Crippen LogP contribution is 2.58. The third-order valence-corrected chi connectivity index (χ3v) is 8.32. The van der Waals surface area contributed by atoms with Gasteiger partial charge in [0.15, 0.2) is 9.84 Å². The summed E-state index contributed by atoms with van der Waals surface area (Å²) >= 11 is 5.91. The summed E-state index contributed by atoms with van der Waals surface area (Å²) in [5, 5.41) is 7.50. The molecule has 2 aliphatic rings. The summed E-state index contributed by atoms with van der Waals surface area (Å²) in [5.41, 5.74) is 3.47. The molecule has 3 aromatic rings. The van der Waals surface area contributed by atoms with Crippen LogP contribution in [0.2, 0.25) is 5.02 Å². The molecule has 2 heterocycles. The van der Waals surface area contributed by atoms with Gasteiger partial charge >= 0.3 is 6.18 Å². The Kier molecular flexibility index (Phi) is 5.65. The number of benzene rings is 2. The van der Waals surface area contributed by atoms with Crippen LogP contribution in [0, 0.1) is 5.82 Å². The van der Waals surface area contributed by atoms with Gasteiger partial charge in [-0.25, -0.2) is 12.8 Å². The maximum atomic E-state index is 15.1. The molecule has 1 saturated carbocycles. The van der Waals surface area contributed by atoms with Gasteiger partial charge in [0.2, 0.25) is 11.8 Å². The molecule has 8 nitrogen and oxygen atoms in total. The Labute approximate surface area is 207 Å². The van der Waals surface area contributed by atoms with Crippen molar-refractivity contribution in [1.82, 2.24) is 10.2 Å². The van der Waals surface area contributed by atoms with Crippen LogP contribution in [0.5, 0.6) is 0 Å². The quantitative estimate of drug-likeness (QED) is 0.496. The van der Waals surface area contributed by atoms with E-state index >= 15 is 4.39 Å². The zero-order chi connectivity index (χ0) is 26.0. The van der Waals surface area contributed by atoms with E-state index in [2.05, 4.69) is 10.2 Å². The van der Waals surface area contributed by atoms with Gasteiger partial charge < -0.3 is 15.1 Å². The first kappa shape index (κ1) is 24.7. The van der Waals surface area contributed by atoms with Crippen molar-refractivity contribution in [2.75, 3.05) is 10.7 Å². The van der Waals surface area contributed by atoms with Gasteiger partial charge in [0.25, 0.3) is 5.89 Å². The molecule has 1 aliphatic heterocycles. The van der Waals surface area contributed by atoms with E-state index in [0.717, 1.165) is 11.0 Å². The molecule has 2 aromatic carbocycles. The maximum Gasteiger partial charge on any atom is 0.403 e. The van der Waals surface area contributed by atoms with E-state index < -0.39 is 67.2 Å². The zero-order valence-corrected chi connectivity index (χ0v) is 19.8. The summed E-state index contributed by atoms with van der Waals surface area (Å²) in [6, 6.07) is 6.61. The standard InChI is InChI=1S/C22H17ClF4N4O4S/c23-12-3-1-11(2-4-12)9-31-16-7-13(14(24)8-17(16)36(33,34)10-15(28)19(31)32)18-29-30-20(35-18)21(5-6-21)22(25,26)27/h1-4,7-8,15H,5-6,9-10,28H2/t15-/m0/s1. The number of hydrogen-bond donors (Lipinski definition) is 1. The molecule has 1 aromatic heterocycles. The Bertz CT molecular complexity index is 1470. The number of halogens is 5. The smallest absolute Gasteiger partial charge is 0.403 e. The van der Waals surface area contributed by atoms with E-state index in [1.807, 2.05) is 0 Å². The Morgan fingerprint density at radius 1 is 1.17 bits per heavy atom. The van der Waals surface area contributed by atoms with Gasteiger partial charge in [-0.15, -0.1) is 10.2 Å². The number of carbonyl (C=O) groups excluding carboxylic acids is 1. The first-order valence-electron chi connectivity index (χ1n) is 10.6. The highest BCUT2D eigenvalue weighted by Gasteiger charge is 2.68. The fourth-order valence-electron chi connectivity index (χ4n) is 4.09. The number of fused-ring (bicyclic) bond motifs is 1. The second kappa shape index (κ2) is 8.25. The van der Waals surface area contributed by atoms with Gasteiger partial charge in [-0.3, -0.25) is 4.79 Å². The van der Waals surface area contributed by atoms with Crippen molar-refractivity contribution >= 4 is 33.0 Å². The molecule has 0 bridgehead atoms. The van der Waals surface area contributed by atoms with E-state index in [0.29, 0.717) is 16.7 Å². The lowest BCUT2D eigenvalue weighted by Gasteiger charge is -2.24. The van der Waals surface area contributed by atoms with Crippen molar-refractivity contribution < 1.29 is 35.2 Å². The topological polar surface area (TPSA) is 119 Å². The lowest BCUT2D eigenvalue weighted by Crippen LogP contribution is -2.45. The third kappa shape index (κ3) is 4.04. The first-order chi connectivity index (χ1) is 16.8. The monoisotopic (exact) mass is 544 g/mol. The predicted molar refractivity (Wildman–Crippen MR) is 119 cm³/mol. The molecule has 0 radical (unpaired) electrons. The summed E-state index contributed by atoms with van der Waals surface area (Å²) in [5.74, 6) is -3.91. The number of anilines is 1. The summed E-state index contributed by atoms with van der Waals surface area (Å²) < 4.78 is 86.6. The third-order valence-electron chi connectivity index (χ3n) is 6.27. The SMILES string of the molecule is N[C@H]1CS(=O)(=O)c2cc(F)c(-c3nnc(C4(C(F)(F)F)CC4)o3)cc2N(Cc2ccc(Cl)cc2)C1=O. The molecule has 190 valence electrons. The molecule has 0 unspecified atom stereocenters. The van der Waals surface area contributed by atoms with Gasteiger partial charge in [0.1, 0.15) is 11.2 Å². The number of alkyl halides is 3. The van der Waals surface area contributed by atoms with E-state index in [9.17, 15) is 26.4 Å². The lowest BCUT2D eigenvalue weighted by molar-refractivity contribution is -0.165. The fraction of sp³-hybridized carbons (Fsp3) is 0.318. The van der Waals surface area contributed by atoms with Crippen LogP contribution in [-0.4, -0.2) is 42.5 Å². The fourth-order valence-corrected chi connectivity index (χ4v) is 5.78. The number of rotatable bonds is 4. The van der Waals surface area contributed by atoms with Gasteiger partial charge in [-0.05, 0) is 42.7 Å². The van der Waals surface area contributed by atoms with Crippen LogP contribution in [0.3, 0.4) is 0 Å². The van der Waals surface area contributed by atoms with Crippen LogP contribution >= 0.6 is 11.6 Å². The lowest BCUT2D eigenvalue weighted by atomic mass is 10.1. The second-order valence-electron chi connectivity index (χ2n) is 8.73. The second-order valence-corrected chi connectivity index (χ2v) is 11.2. The summed E-state index contributed by atoms with van der Waals surface area (Å²) in [6.45, 7) is -0.135. The van der Waals surface area contributed by atoms with E-state index in [1.165, 1.54) is 0 Å². The van der Waals surface area contributed by atoms with Crippen LogP contribution in [0.4, 0.5) is 23.2 Å². The summed E-state index contributed by atoms with van der Waals surface area (Å²) in [6.07, 6.45) is -5.12. The average Bonchev–Trinajstić information content (AvgIpc) is 3.50. The van der Waals surface area contributed by atoms with Crippen molar-refractivity contribution in [2.45, 2.75) is 41.9 Å². The van der Waals surface area contributed by atoms with Gasteiger partial charge in [0.05, 0.1) is 34.5 Å². The Hall–Kier alpha value is -3.03. The van der Waals surface area contributed by atoms with Gasteiger partial charge in [-0.1, -0.05) is 23.7 Å². The molecule has 1 amide bonds. The minimum absolute atomic E-state index is 0.135. The van der Waals surface area contributed by atoms with Crippen LogP contribution in [0.25, 0.3) is 11.5 Å². The van der Waals surface area contributed by atoms with Crippen molar-refractivity contribution in [3.05, 3.63) is 58.7 Å². The van der Waals surface area contributed by atoms with Gasteiger partial charge in [-0.2, -0.15) is 13.2 Å². The molecule has 2 N–H and O–H groups in total. The largest absolute Gasteiger partial charge is 0.420 e. The maximum absolute atomic E-state index is 15.1. The molecule has 1 atom stereocenters. The van der Waals surface area contributed by atoms with Crippen LogP contribution in [0.15, 0.2) is 45.7 Å². The summed E-state index contributed by atoms with van der Waals surface area (Å²) in [7, 11) is -4.21. The molecular formula is C22H17ClF4N4O4S. The zero-order valence-electron chi connectivity index (χ0n) is 18.2.